The topological polar surface area (TPSA) is 92.3 Å². The fourth-order valence-corrected chi connectivity index (χ4v) is 3.73. The first-order chi connectivity index (χ1) is 13.1. The summed E-state index contributed by atoms with van der Waals surface area (Å²) < 4.78 is 23.7. The number of anilines is 1. The van der Waals surface area contributed by atoms with E-state index in [4.69, 9.17) is 11.6 Å². The van der Waals surface area contributed by atoms with Gasteiger partial charge in [0.2, 0.25) is 5.91 Å². The van der Waals surface area contributed by atoms with E-state index in [1.165, 1.54) is 0 Å². The largest absolute Gasteiger partial charge is 0.340 e. The van der Waals surface area contributed by atoms with Gasteiger partial charge < -0.3 is 10.6 Å². The quantitative estimate of drug-likeness (QED) is 0.624. The molecule has 9 heteroatoms. The number of hydrogen-bond donors (Lipinski definition) is 2. The van der Waals surface area contributed by atoms with Gasteiger partial charge in [-0.3, -0.25) is 9.59 Å². The summed E-state index contributed by atoms with van der Waals surface area (Å²) in [5.41, 5.74) is 1.63. The van der Waals surface area contributed by atoms with E-state index in [0.717, 1.165) is 11.8 Å². The molecular weight excluding hydrogens is 468 g/mol. The molecule has 0 spiro atoms. The molecule has 6 nitrogen and oxygen atoms in total. The van der Waals surface area contributed by atoms with Gasteiger partial charge in [-0.2, -0.15) is 0 Å². The Morgan fingerprint density at radius 2 is 1.86 bits per heavy atom. The Hall–Kier alpha value is -1.90. The van der Waals surface area contributed by atoms with Crippen LogP contribution in [0.4, 0.5) is 5.69 Å². The van der Waals surface area contributed by atoms with Crippen LogP contribution in [0, 0.1) is 6.92 Å². The highest BCUT2D eigenvalue weighted by Gasteiger charge is 2.24. The van der Waals surface area contributed by atoms with Crippen molar-refractivity contribution in [3.63, 3.8) is 0 Å². The van der Waals surface area contributed by atoms with Crippen LogP contribution in [0.25, 0.3) is 0 Å². The first-order valence-electron chi connectivity index (χ1n) is 8.37. The second kappa shape index (κ2) is 9.54. The lowest BCUT2D eigenvalue weighted by atomic mass is 10.1. The molecule has 0 aromatic heterocycles. The summed E-state index contributed by atoms with van der Waals surface area (Å²) in [5, 5.41) is 5.79. The SMILES string of the molecule is Cc1ccc(Cl)cc1NC(=O)C(CCS(C)(=O)=O)NC(=O)c1ccccc1Br. The van der Waals surface area contributed by atoms with E-state index in [9.17, 15) is 18.0 Å². The van der Waals surface area contributed by atoms with E-state index in [-0.39, 0.29) is 12.2 Å². The maximum atomic E-state index is 12.8. The van der Waals surface area contributed by atoms with Gasteiger partial charge in [-0.05, 0) is 59.1 Å². The van der Waals surface area contributed by atoms with Gasteiger partial charge in [0.25, 0.3) is 5.91 Å². The number of rotatable bonds is 7. The molecule has 2 aromatic rings. The highest BCUT2D eigenvalue weighted by molar-refractivity contribution is 9.10. The van der Waals surface area contributed by atoms with E-state index in [2.05, 4.69) is 26.6 Å². The van der Waals surface area contributed by atoms with Gasteiger partial charge in [-0.25, -0.2) is 8.42 Å². The zero-order valence-corrected chi connectivity index (χ0v) is 18.5. The van der Waals surface area contributed by atoms with Gasteiger partial charge >= 0.3 is 0 Å². The van der Waals surface area contributed by atoms with E-state index < -0.39 is 27.7 Å². The lowest BCUT2D eigenvalue weighted by Gasteiger charge is -2.19. The molecule has 0 bridgehead atoms. The highest BCUT2D eigenvalue weighted by Crippen LogP contribution is 2.21. The van der Waals surface area contributed by atoms with Crippen LogP contribution in [0.5, 0.6) is 0 Å². The number of hydrogen-bond acceptors (Lipinski definition) is 4. The zero-order valence-electron chi connectivity index (χ0n) is 15.3. The summed E-state index contributed by atoms with van der Waals surface area (Å²) in [7, 11) is -3.31. The van der Waals surface area contributed by atoms with Crippen molar-refractivity contribution >= 4 is 54.9 Å². The molecule has 0 aliphatic rings. The lowest BCUT2D eigenvalue weighted by molar-refractivity contribution is -0.118. The summed E-state index contributed by atoms with van der Waals surface area (Å²) in [6, 6.07) is 10.8. The second-order valence-electron chi connectivity index (χ2n) is 6.37. The molecule has 1 atom stereocenters. The molecule has 0 radical (unpaired) electrons. The summed E-state index contributed by atoms with van der Waals surface area (Å²) in [6.45, 7) is 1.80. The Morgan fingerprint density at radius 3 is 2.50 bits per heavy atom. The van der Waals surface area contributed by atoms with Crippen LogP contribution in [0.2, 0.25) is 5.02 Å². The van der Waals surface area contributed by atoms with Crippen LogP contribution in [0.3, 0.4) is 0 Å². The van der Waals surface area contributed by atoms with Crippen molar-refractivity contribution in [3.05, 3.63) is 63.1 Å². The Balaban J connectivity index is 2.22. The minimum atomic E-state index is -3.31. The maximum Gasteiger partial charge on any atom is 0.253 e. The number of sulfone groups is 1. The summed E-state index contributed by atoms with van der Waals surface area (Å²) in [6.07, 6.45) is 1.03. The second-order valence-corrected chi connectivity index (χ2v) is 9.92. The minimum absolute atomic E-state index is 0.0551. The van der Waals surface area contributed by atoms with Crippen LogP contribution in [-0.4, -0.2) is 38.3 Å². The number of benzene rings is 2. The predicted molar refractivity (Wildman–Crippen MR) is 115 cm³/mol. The van der Waals surface area contributed by atoms with Gasteiger partial charge in [-0.15, -0.1) is 0 Å². The van der Waals surface area contributed by atoms with Crippen molar-refractivity contribution in [2.45, 2.75) is 19.4 Å². The van der Waals surface area contributed by atoms with E-state index in [1.807, 2.05) is 0 Å². The number of amides is 2. The molecule has 0 saturated carbocycles. The number of halogens is 2. The van der Waals surface area contributed by atoms with Crippen molar-refractivity contribution in [2.75, 3.05) is 17.3 Å². The Bertz CT molecular complexity index is 995. The molecule has 1 unspecified atom stereocenters. The molecule has 2 N–H and O–H groups in total. The first kappa shape index (κ1) is 22.4. The minimum Gasteiger partial charge on any atom is -0.340 e. The smallest absolute Gasteiger partial charge is 0.253 e. The Morgan fingerprint density at radius 1 is 1.18 bits per heavy atom. The molecule has 150 valence electrons. The van der Waals surface area contributed by atoms with Crippen LogP contribution in [0.1, 0.15) is 22.3 Å². The fraction of sp³-hybridized carbons (Fsp3) is 0.263. The normalized spacial score (nSPS) is 12.3. The van der Waals surface area contributed by atoms with Crippen molar-refractivity contribution in [3.8, 4) is 0 Å². The Kier molecular flexibility index (Phi) is 7.63. The third-order valence-electron chi connectivity index (χ3n) is 3.98. The third-order valence-corrected chi connectivity index (χ3v) is 5.88. The third kappa shape index (κ3) is 6.61. The van der Waals surface area contributed by atoms with Crippen molar-refractivity contribution in [2.24, 2.45) is 0 Å². The molecule has 2 rings (SSSR count). The first-order valence-corrected chi connectivity index (χ1v) is 11.6. The monoisotopic (exact) mass is 486 g/mol. The molecule has 0 fully saturated rings. The van der Waals surface area contributed by atoms with Crippen LogP contribution in [-0.2, 0) is 14.6 Å². The van der Waals surface area contributed by atoms with Gasteiger partial charge in [-0.1, -0.05) is 29.8 Å². The highest BCUT2D eigenvalue weighted by atomic mass is 79.9. The van der Waals surface area contributed by atoms with E-state index >= 15 is 0 Å². The van der Waals surface area contributed by atoms with Crippen LogP contribution in [0.15, 0.2) is 46.9 Å². The molecule has 0 saturated heterocycles. The van der Waals surface area contributed by atoms with Crippen molar-refractivity contribution < 1.29 is 18.0 Å². The lowest BCUT2D eigenvalue weighted by Crippen LogP contribution is -2.45. The summed E-state index contributed by atoms with van der Waals surface area (Å²) >= 11 is 9.27. The van der Waals surface area contributed by atoms with Crippen LogP contribution >= 0.6 is 27.5 Å². The van der Waals surface area contributed by atoms with Crippen LogP contribution < -0.4 is 10.6 Å². The van der Waals surface area contributed by atoms with E-state index in [1.54, 1.807) is 49.4 Å². The number of carbonyl (C=O) groups excluding carboxylic acids is 2. The molecule has 28 heavy (non-hydrogen) atoms. The molecular formula is C19H20BrClN2O4S. The van der Waals surface area contributed by atoms with Gasteiger partial charge in [0.1, 0.15) is 15.9 Å². The predicted octanol–water partition coefficient (Wildman–Crippen LogP) is 3.58. The fourth-order valence-electron chi connectivity index (χ4n) is 2.43. The average molecular weight is 488 g/mol. The summed E-state index contributed by atoms with van der Waals surface area (Å²) in [4.78, 5) is 25.4. The van der Waals surface area contributed by atoms with Crippen molar-refractivity contribution in [1.29, 1.82) is 0 Å². The summed E-state index contributed by atoms with van der Waals surface area (Å²) in [5.74, 6) is -1.24. The Labute approximate surface area is 177 Å². The number of nitrogens with one attached hydrogen (secondary N) is 2. The van der Waals surface area contributed by atoms with Gasteiger partial charge in [0.15, 0.2) is 0 Å². The average Bonchev–Trinajstić information content (AvgIpc) is 2.61. The van der Waals surface area contributed by atoms with Crippen molar-refractivity contribution in [1.82, 2.24) is 5.32 Å². The van der Waals surface area contributed by atoms with E-state index in [0.29, 0.717) is 20.7 Å². The molecule has 2 amide bonds. The van der Waals surface area contributed by atoms with Gasteiger partial charge in [0.05, 0.1) is 11.3 Å². The van der Waals surface area contributed by atoms with Gasteiger partial charge in [0, 0.05) is 21.4 Å². The molecule has 0 aliphatic carbocycles. The molecule has 2 aromatic carbocycles. The maximum absolute atomic E-state index is 12.8. The molecule has 0 heterocycles. The zero-order chi connectivity index (χ0) is 20.9. The number of carbonyl (C=O) groups is 2. The standard InChI is InChI=1S/C19H20BrClN2O4S/c1-12-7-8-13(21)11-17(12)23-19(25)16(9-10-28(2,26)27)22-18(24)14-5-3-4-6-15(14)20/h3-8,11,16H,9-10H2,1-2H3,(H,22,24)(H,23,25). The number of aryl methyl sites for hydroxylation is 1. The molecule has 0 aliphatic heterocycles.